The number of ether oxygens (including phenoxy) is 1. The molecule has 0 N–H and O–H groups in total. The predicted molar refractivity (Wildman–Crippen MR) is 94.2 cm³/mol. The summed E-state index contributed by atoms with van der Waals surface area (Å²) in [6.45, 7) is 6.81. The van der Waals surface area contributed by atoms with Gasteiger partial charge in [0.25, 0.3) is 11.5 Å². The van der Waals surface area contributed by atoms with Crippen LogP contribution in [-0.2, 0) is 7.05 Å². The van der Waals surface area contributed by atoms with E-state index < -0.39 is 0 Å². The van der Waals surface area contributed by atoms with Crippen molar-refractivity contribution in [2.45, 2.75) is 39.7 Å². The van der Waals surface area contributed by atoms with Crippen LogP contribution in [0, 0.1) is 20.8 Å². The smallest absolute Gasteiger partial charge is 0.257 e. The Morgan fingerprint density at radius 3 is 2.40 bits per heavy atom. The molecule has 1 aliphatic heterocycles. The van der Waals surface area contributed by atoms with E-state index in [4.69, 9.17) is 9.15 Å². The van der Waals surface area contributed by atoms with Crippen LogP contribution in [0.15, 0.2) is 27.4 Å². The molecule has 2 aromatic rings. The van der Waals surface area contributed by atoms with E-state index in [9.17, 15) is 9.59 Å². The lowest BCUT2D eigenvalue weighted by Crippen LogP contribution is -2.42. The number of hydrogen-bond acceptors (Lipinski definition) is 4. The first-order valence-corrected chi connectivity index (χ1v) is 8.56. The number of nitrogens with zero attached hydrogens (tertiary/aromatic N) is 2. The second kappa shape index (κ2) is 6.78. The van der Waals surface area contributed by atoms with E-state index in [1.165, 1.54) is 6.07 Å². The van der Waals surface area contributed by atoms with Crippen LogP contribution in [0.1, 0.15) is 40.4 Å². The van der Waals surface area contributed by atoms with E-state index in [-0.39, 0.29) is 17.6 Å². The first-order valence-electron chi connectivity index (χ1n) is 8.56. The molecular weight excluding hydrogens is 320 g/mol. The molecule has 0 bridgehead atoms. The maximum atomic E-state index is 12.6. The van der Waals surface area contributed by atoms with Gasteiger partial charge in [0, 0.05) is 44.7 Å². The normalized spacial score (nSPS) is 15.4. The van der Waals surface area contributed by atoms with Crippen LogP contribution < -0.4 is 10.3 Å². The minimum absolute atomic E-state index is 0.0113. The topological polar surface area (TPSA) is 64.7 Å². The lowest BCUT2D eigenvalue weighted by Gasteiger charge is -2.32. The molecule has 25 heavy (non-hydrogen) atoms. The van der Waals surface area contributed by atoms with Gasteiger partial charge in [0.2, 0.25) is 0 Å². The van der Waals surface area contributed by atoms with Crippen LogP contribution in [0.5, 0.6) is 5.75 Å². The van der Waals surface area contributed by atoms with Crippen LogP contribution in [0.3, 0.4) is 0 Å². The highest BCUT2D eigenvalue weighted by Crippen LogP contribution is 2.22. The van der Waals surface area contributed by atoms with Crippen molar-refractivity contribution in [1.29, 1.82) is 0 Å². The molecule has 6 nitrogen and oxygen atoms in total. The standard InChI is InChI=1S/C19H24N2O4/c1-12-9-16(11-18(22)20(12)4)25-15-5-7-21(8-6-15)19(23)17-10-13(2)24-14(17)3/h9-11,15H,5-8H2,1-4H3. The fourth-order valence-corrected chi connectivity index (χ4v) is 3.19. The fraction of sp³-hybridized carbons (Fsp3) is 0.474. The number of likely N-dealkylation sites (tertiary alicyclic amines) is 1. The number of pyridine rings is 1. The minimum Gasteiger partial charge on any atom is -0.490 e. The SMILES string of the molecule is Cc1cc(C(=O)N2CCC(Oc3cc(C)n(C)c(=O)c3)CC2)c(C)o1. The Morgan fingerprint density at radius 1 is 1.16 bits per heavy atom. The number of rotatable bonds is 3. The molecule has 3 heterocycles. The number of carbonyl (C=O) groups is 1. The second-order valence-electron chi connectivity index (χ2n) is 6.67. The van der Waals surface area contributed by atoms with Crippen molar-refractivity contribution in [3.8, 4) is 5.75 Å². The third kappa shape index (κ3) is 3.62. The van der Waals surface area contributed by atoms with Gasteiger partial charge in [-0.3, -0.25) is 9.59 Å². The summed E-state index contributed by atoms with van der Waals surface area (Å²) in [5.41, 5.74) is 1.42. The van der Waals surface area contributed by atoms with Crippen LogP contribution in [0.25, 0.3) is 0 Å². The minimum atomic E-state index is -0.0755. The monoisotopic (exact) mass is 344 g/mol. The zero-order valence-corrected chi connectivity index (χ0v) is 15.2. The van der Waals surface area contributed by atoms with Crippen molar-refractivity contribution in [1.82, 2.24) is 9.47 Å². The molecule has 0 aromatic carbocycles. The summed E-state index contributed by atoms with van der Waals surface area (Å²) in [6, 6.07) is 5.18. The molecule has 0 radical (unpaired) electrons. The zero-order valence-electron chi connectivity index (χ0n) is 15.2. The van der Waals surface area contributed by atoms with E-state index in [0.717, 1.165) is 24.3 Å². The third-order valence-electron chi connectivity index (χ3n) is 4.78. The first kappa shape index (κ1) is 17.3. The number of carbonyl (C=O) groups excluding carboxylic acids is 1. The summed E-state index contributed by atoms with van der Waals surface area (Å²) in [7, 11) is 1.74. The number of amides is 1. The van der Waals surface area contributed by atoms with Gasteiger partial charge >= 0.3 is 0 Å². The van der Waals surface area contributed by atoms with E-state index in [2.05, 4.69) is 0 Å². The number of aryl methyl sites for hydroxylation is 3. The third-order valence-corrected chi connectivity index (χ3v) is 4.78. The van der Waals surface area contributed by atoms with Gasteiger partial charge in [-0.1, -0.05) is 0 Å². The van der Waals surface area contributed by atoms with E-state index in [0.29, 0.717) is 30.2 Å². The highest BCUT2D eigenvalue weighted by atomic mass is 16.5. The van der Waals surface area contributed by atoms with E-state index in [1.807, 2.05) is 31.7 Å². The first-order chi connectivity index (χ1) is 11.8. The molecule has 134 valence electrons. The summed E-state index contributed by atoms with van der Waals surface area (Å²) in [4.78, 5) is 26.3. The van der Waals surface area contributed by atoms with Crippen LogP contribution >= 0.6 is 0 Å². The average Bonchev–Trinajstić information content (AvgIpc) is 2.91. The van der Waals surface area contributed by atoms with Crippen molar-refractivity contribution in [3.63, 3.8) is 0 Å². The molecule has 3 rings (SSSR count). The van der Waals surface area contributed by atoms with Gasteiger partial charge < -0.3 is 18.6 Å². The molecule has 6 heteroatoms. The van der Waals surface area contributed by atoms with E-state index in [1.54, 1.807) is 17.7 Å². The van der Waals surface area contributed by atoms with Gasteiger partial charge in [0.15, 0.2) is 0 Å². The number of hydrogen-bond donors (Lipinski definition) is 0. The Bertz CT molecular complexity index is 842. The van der Waals surface area contributed by atoms with Gasteiger partial charge in [-0.2, -0.15) is 0 Å². The second-order valence-corrected chi connectivity index (χ2v) is 6.67. The Kier molecular flexibility index (Phi) is 4.70. The Balaban J connectivity index is 1.61. The van der Waals surface area contributed by atoms with Gasteiger partial charge in [0.05, 0.1) is 5.56 Å². The molecule has 1 saturated heterocycles. The highest BCUT2D eigenvalue weighted by molar-refractivity contribution is 5.95. The lowest BCUT2D eigenvalue weighted by atomic mass is 10.1. The van der Waals surface area contributed by atoms with Crippen molar-refractivity contribution in [2.75, 3.05) is 13.1 Å². The summed E-state index contributed by atoms with van der Waals surface area (Å²) in [5.74, 6) is 2.03. The molecule has 1 fully saturated rings. The molecule has 0 unspecified atom stereocenters. The lowest BCUT2D eigenvalue weighted by molar-refractivity contribution is 0.0593. The van der Waals surface area contributed by atoms with Gasteiger partial charge in [-0.05, 0) is 32.9 Å². The maximum absolute atomic E-state index is 12.6. The summed E-state index contributed by atoms with van der Waals surface area (Å²) in [5, 5.41) is 0. The van der Waals surface area contributed by atoms with Gasteiger partial charge in [-0.25, -0.2) is 0 Å². The number of furan rings is 1. The van der Waals surface area contributed by atoms with Gasteiger partial charge in [0.1, 0.15) is 23.4 Å². The van der Waals surface area contributed by atoms with E-state index >= 15 is 0 Å². The average molecular weight is 344 g/mol. The van der Waals surface area contributed by atoms with Crippen LogP contribution in [0.4, 0.5) is 0 Å². The molecule has 1 aliphatic rings. The van der Waals surface area contributed by atoms with Crippen LogP contribution in [-0.4, -0.2) is 34.6 Å². The molecule has 0 atom stereocenters. The Hall–Kier alpha value is -2.50. The summed E-state index contributed by atoms with van der Waals surface area (Å²) >= 11 is 0. The van der Waals surface area contributed by atoms with Crippen molar-refractivity contribution >= 4 is 5.91 Å². The molecule has 2 aromatic heterocycles. The largest absolute Gasteiger partial charge is 0.490 e. The van der Waals surface area contributed by atoms with Gasteiger partial charge in [-0.15, -0.1) is 0 Å². The van der Waals surface area contributed by atoms with Crippen LogP contribution in [0.2, 0.25) is 0 Å². The maximum Gasteiger partial charge on any atom is 0.257 e. The molecule has 0 saturated carbocycles. The summed E-state index contributed by atoms with van der Waals surface area (Å²) < 4.78 is 13.0. The molecular formula is C19H24N2O4. The predicted octanol–water partition coefficient (Wildman–Crippen LogP) is 2.59. The highest BCUT2D eigenvalue weighted by Gasteiger charge is 2.26. The van der Waals surface area contributed by atoms with Crippen molar-refractivity contribution in [2.24, 2.45) is 7.05 Å². The van der Waals surface area contributed by atoms with Crippen molar-refractivity contribution < 1.29 is 13.9 Å². The quantitative estimate of drug-likeness (QED) is 0.858. The Morgan fingerprint density at radius 2 is 1.84 bits per heavy atom. The number of piperidine rings is 1. The molecule has 1 amide bonds. The van der Waals surface area contributed by atoms with Crippen molar-refractivity contribution in [3.05, 3.63) is 51.3 Å². The fourth-order valence-electron chi connectivity index (χ4n) is 3.19. The zero-order chi connectivity index (χ0) is 18.1. The summed E-state index contributed by atoms with van der Waals surface area (Å²) in [6.07, 6.45) is 1.51. The molecule has 0 aliphatic carbocycles. The Labute approximate surface area is 147 Å². The molecule has 0 spiro atoms. The number of aromatic nitrogens is 1.